The molecule has 36 heavy (non-hydrogen) atoms. The van der Waals surface area contributed by atoms with Crippen molar-refractivity contribution < 1.29 is 23.7 Å². The summed E-state index contributed by atoms with van der Waals surface area (Å²) in [6.45, 7) is 26.4. The zero-order valence-electron chi connectivity index (χ0n) is 25.2. The van der Waals surface area contributed by atoms with Crippen molar-refractivity contribution in [3.63, 3.8) is 0 Å². The second kappa shape index (κ2) is 13.2. The molecule has 0 bridgehead atoms. The van der Waals surface area contributed by atoms with Gasteiger partial charge in [-0.25, -0.2) is 0 Å². The lowest BCUT2D eigenvalue weighted by Gasteiger charge is -2.48. The van der Waals surface area contributed by atoms with Gasteiger partial charge in [0.15, 0.2) is 0 Å². The Hall–Kier alpha value is -0.200. The zero-order chi connectivity index (χ0) is 26.7. The molecule has 3 aliphatic rings. The third-order valence-electron chi connectivity index (χ3n) is 10.6. The molecule has 3 heterocycles. The zero-order valence-corrected chi connectivity index (χ0v) is 25.2. The average molecular weight is 511 g/mol. The van der Waals surface area contributed by atoms with Crippen molar-refractivity contribution in [2.45, 2.75) is 144 Å². The van der Waals surface area contributed by atoms with Gasteiger partial charge in [0.25, 0.3) is 0 Å². The highest BCUT2D eigenvalue weighted by molar-refractivity contribution is 4.92. The van der Waals surface area contributed by atoms with E-state index in [1.54, 1.807) is 0 Å². The summed E-state index contributed by atoms with van der Waals surface area (Å²) in [4.78, 5) is 0. The van der Waals surface area contributed by atoms with Gasteiger partial charge in [0.05, 0.1) is 62.0 Å². The Morgan fingerprint density at radius 3 is 1.36 bits per heavy atom. The van der Waals surface area contributed by atoms with Gasteiger partial charge in [-0.05, 0) is 55.8 Å². The molecule has 0 aliphatic carbocycles. The van der Waals surface area contributed by atoms with E-state index in [4.69, 9.17) is 23.7 Å². The van der Waals surface area contributed by atoms with E-state index >= 15 is 0 Å². The van der Waals surface area contributed by atoms with Crippen LogP contribution in [0.3, 0.4) is 0 Å². The normalized spacial score (nSPS) is 50.2. The molecule has 3 fully saturated rings. The van der Waals surface area contributed by atoms with Crippen LogP contribution in [-0.4, -0.2) is 62.0 Å². The van der Waals surface area contributed by atoms with Crippen LogP contribution >= 0.6 is 0 Å². The first-order valence-corrected chi connectivity index (χ1v) is 15.2. The predicted molar refractivity (Wildman–Crippen MR) is 146 cm³/mol. The first-order chi connectivity index (χ1) is 17.0. The monoisotopic (exact) mass is 510 g/mol. The second-order valence-corrected chi connectivity index (χ2v) is 12.6. The molecule has 0 N–H and O–H groups in total. The third kappa shape index (κ3) is 6.33. The molecule has 5 nitrogen and oxygen atoms in total. The van der Waals surface area contributed by atoms with Crippen molar-refractivity contribution in [3.8, 4) is 0 Å². The van der Waals surface area contributed by atoms with Gasteiger partial charge in [-0.2, -0.15) is 0 Å². The van der Waals surface area contributed by atoms with Gasteiger partial charge in [0.1, 0.15) is 0 Å². The summed E-state index contributed by atoms with van der Waals surface area (Å²) in [6.07, 6.45) is 4.49. The molecule has 6 unspecified atom stereocenters. The van der Waals surface area contributed by atoms with Crippen LogP contribution in [0.5, 0.6) is 0 Å². The van der Waals surface area contributed by atoms with Gasteiger partial charge in [0.2, 0.25) is 0 Å². The molecule has 0 aromatic rings. The summed E-state index contributed by atoms with van der Waals surface area (Å²) in [6, 6.07) is 0. The van der Waals surface area contributed by atoms with Gasteiger partial charge in [-0.1, -0.05) is 69.2 Å². The van der Waals surface area contributed by atoms with Crippen molar-refractivity contribution in [2.24, 2.45) is 41.4 Å². The fraction of sp³-hybridized carbons (Fsp3) is 1.00. The smallest absolute Gasteiger partial charge is 0.0864 e. The summed E-state index contributed by atoms with van der Waals surface area (Å²) in [5, 5.41) is 0. The predicted octanol–water partition coefficient (Wildman–Crippen LogP) is 6.76. The third-order valence-corrected chi connectivity index (χ3v) is 10.6. The minimum atomic E-state index is 0.0294. The number of hydrogen-bond acceptors (Lipinski definition) is 5. The maximum Gasteiger partial charge on any atom is 0.0864 e. The first-order valence-electron chi connectivity index (χ1n) is 15.2. The maximum atomic E-state index is 6.75. The first kappa shape index (κ1) is 30.3. The van der Waals surface area contributed by atoms with E-state index < -0.39 is 0 Å². The molecule has 3 rings (SSSR count). The molecular formula is C31H58O5. The summed E-state index contributed by atoms with van der Waals surface area (Å²) >= 11 is 0. The lowest BCUT2D eigenvalue weighted by Crippen LogP contribution is -2.54. The van der Waals surface area contributed by atoms with Crippen molar-refractivity contribution in [3.05, 3.63) is 0 Å². The van der Waals surface area contributed by atoms with Crippen LogP contribution < -0.4 is 0 Å². The van der Waals surface area contributed by atoms with Crippen LogP contribution in [0.4, 0.5) is 0 Å². The Morgan fingerprint density at radius 2 is 0.806 bits per heavy atom. The minimum absolute atomic E-state index is 0.0294. The van der Waals surface area contributed by atoms with Crippen LogP contribution in [0.15, 0.2) is 0 Å². The van der Waals surface area contributed by atoms with Gasteiger partial charge >= 0.3 is 0 Å². The highest BCUT2D eigenvalue weighted by Gasteiger charge is 2.45. The Bertz CT molecular complexity index is 655. The van der Waals surface area contributed by atoms with Crippen LogP contribution in [-0.2, 0) is 23.7 Å². The molecule has 0 spiro atoms. The Kier molecular flexibility index (Phi) is 11.2. The highest BCUT2D eigenvalue weighted by Crippen LogP contribution is 2.39. The number of hydrogen-bond donors (Lipinski definition) is 0. The van der Waals surface area contributed by atoms with Crippen molar-refractivity contribution in [1.82, 2.24) is 0 Å². The quantitative estimate of drug-likeness (QED) is 0.343. The Balaban J connectivity index is 1.63. The number of ether oxygens (including phenoxy) is 5. The van der Waals surface area contributed by atoms with Crippen molar-refractivity contribution in [1.29, 1.82) is 0 Å². The van der Waals surface area contributed by atoms with E-state index in [1.807, 2.05) is 0 Å². The molecule has 0 radical (unpaired) electrons. The molecule has 0 aromatic carbocycles. The highest BCUT2D eigenvalue weighted by atomic mass is 16.6. The van der Waals surface area contributed by atoms with Crippen molar-refractivity contribution >= 4 is 0 Å². The average Bonchev–Trinajstić information content (AvgIpc) is 2.86. The molecule has 0 saturated carbocycles. The molecular weight excluding hydrogens is 452 g/mol. The summed E-state index contributed by atoms with van der Waals surface area (Å²) in [5.41, 5.74) is 0. The van der Waals surface area contributed by atoms with E-state index in [-0.39, 0.29) is 42.5 Å². The van der Waals surface area contributed by atoms with Crippen LogP contribution in [0.2, 0.25) is 0 Å². The molecule has 3 aliphatic heterocycles. The fourth-order valence-electron chi connectivity index (χ4n) is 7.33. The topological polar surface area (TPSA) is 46.2 Å². The van der Waals surface area contributed by atoms with E-state index in [2.05, 4.69) is 76.2 Å². The summed E-state index contributed by atoms with van der Waals surface area (Å²) in [5.74, 6) is 3.30. The van der Waals surface area contributed by atoms with Gasteiger partial charge in [-0.15, -0.1) is 0 Å². The maximum absolute atomic E-state index is 6.75. The SMILES string of the molecule is CCC1OC(C)[C@H](OC[C@@H]2OC(CC)[C@@H](C)[C@H](OC[C@@H]3OC(CC)[C@@H](C)[C@H](C)C3C)C2C)[C@@H](C)[C@@H]1C. The molecule has 3 saturated heterocycles. The molecule has 5 heteroatoms. The van der Waals surface area contributed by atoms with E-state index in [9.17, 15) is 0 Å². The lowest BCUT2D eigenvalue weighted by molar-refractivity contribution is -0.233. The number of rotatable bonds is 9. The van der Waals surface area contributed by atoms with Crippen LogP contribution in [0.25, 0.3) is 0 Å². The fourth-order valence-corrected chi connectivity index (χ4v) is 7.33. The van der Waals surface area contributed by atoms with Crippen LogP contribution in [0, 0.1) is 41.4 Å². The van der Waals surface area contributed by atoms with E-state index in [0.29, 0.717) is 60.9 Å². The molecule has 15 atom stereocenters. The van der Waals surface area contributed by atoms with Crippen molar-refractivity contribution in [2.75, 3.05) is 13.2 Å². The summed E-state index contributed by atoms with van der Waals surface area (Å²) in [7, 11) is 0. The molecule has 0 aromatic heterocycles. The standard InChI is InChI=1S/C31H58O5/c1-12-25-20(7)21(8)31(24(11)34-25)33-16-29-23(10)30(22(9)27(14-3)36-29)32-15-28-19(6)17(4)18(5)26(13-2)35-28/h17-31H,12-16H2,1-11H3/t17-,18-,19?,20-,21-,22+,23?,24?,25?,26?,27?,28-,29-,30-,31+/m0/s1. The van der Waals surface area contributed by atoms with E-state index in [0.717, 1.165) is 19.3 Å². The van der Waals surface area contributed by atoms with E-state index in [1.165, 1.54) is 0 Å². The second-order valence-electron chi connectivity index (χ2n) is 12.6. The van der Waals surface area contributed by atoms with Gasteiger partial charge < -0.3 is 23.7 Å². The van der Waals surface area contributed by atoms with Gasteiger partial charge in [0, 0.05) is 11.8 Å². The Morgan fingerprint density at radius 1 is 0.417 bits per heavy atom. The lowest BCUT2D eigenvalue weighted by atomic mass is 9.76. The van der Waals surface area contributed by atoms with Gasteiger partial charge in [-0.3, -0.25) is 0 Å². The molecule has 212 valence electrons. The summed E-state index contributed by atoms with van der Waals surface area (Å²) < 4.78 is 32.8. The largest absolute Gasteiger partial charge is 0.375 e. The minimum Gasteiger partial charge on any atom is -0.375 e. The van der Waals surface area contributed by atoms with Crippen LogP contribution in [0.1, 0.15) is 95.4 Å². The Labute approximate surface area is 222 Å². The molecule has 0 amide bonds.